The largest absolute Gasteiger partial charge is 0.303 e. The lowest BCUT2D eigenvalue weighted by Crippen LogP contribution is -2.31. The van der Waals surface area contributed by atoms with Gasteiger partial charge in [0.2, 0.25) is 16.9 Å². The van der Waals surface area contributed by atoms with E-state index < -0.39 is 0 Å². The number of nitrogens with zero attached hydrogens (tertiary/aromatic N) is 4. The van der Waals surface area contributed by atoms with Crippen LogP contribution in [0.25, 0.3) is 0 Å². The number of amides is 2. The molecule has 8 nitrogen and oxygen atoms in total. The number of anilines is 1. The first-order valence-corrected chi connectivity index (χ1v) is 10.3. The van der Waals surface area contributed by atoms with E-state index in [9.17, 15) is 9.59 Å². The highest BCUT2D eigenvalue weighted by molar-refractivity contribution is 8.14. The third kappa shape index (κ3) is 5.38. The number of carbonyl (C=O) groups excluding carboxylic acids is 2. The minimum absolute atomic E-state index is 0.170. The molecule has 1 aromatic heterocycles. The van der Waals surface area contributed by atoms with Crippen molar-refractivity contribution < 1.29 is 9.59 Å². The molecule has 2 amide bonds. The van der Waals surface area contributed by atoms with Crippen LogP contribution in [0, 0.1) is 0 Å². The molecule has 1 aromatic carbocycles. The zero-order valence-corrected chi connectivity index (χ0v) is 16.1. The highest BCUT2D eigenvalue weighted by atomic mass is 32.2. The maximum atomic E-state index is 12.0. The van der Waals surface area contributed by atoms with Crippen molar-refractivity contribution in [2.24, 2.45) is 10.2 Å². The molecule has 0 aliphatic carbocycles. The molecule has 2 heterocycles. The van der Waals surface area contributed by atoms with Crippen LogP contribution in [0.3, 0.4) is 0 Å². The lowest BCUT2D eigenvalue weighted by molar-refractivity contribution is -0.117. The van der Waals surface area contributed by atoms with Gasteiger partial charge in [0.15, 0.2) is 9.51 Å². The Morgan fingerprint density at radius 1 is 1.15 bits per heavy atom. The van der Waals surface area contributed by atoms with Crippen molar-refractivity contribution >= 4 is 62.7 Å². The van der Waals surface area contributed by atoms with Gasteiger partial charge in [-0.1, -0.05) is 65.2 Å². The van der Waals surface area contributed by atoms with Gasteiger partial charge in [-0.3, -0.25) is 9.59 Å². The lowest BCUT2D eigenvalue weighted by atomic mass is 10.1. The zero-order chi connectivity index (χ0) is 18.4. The summed E-state index contributed by atoms with van der Waals surface area (Å²) in [4.78, 5) is 23.0. The third-order valence-electron chi connectivity index (χ3n) is 2.98. The summed E-state index contributed by atoms with van der Waals surface area (Å²) in [7, 11) is 0. The maximum Gasteiger partial charge on any atom is 0.236 e. The Balaban J connectivity index is 1.49. The Bertz CT molecular complexity index is 865. The molecule has 26 heavy (non-hydrogen) atoms. The SMILES string of the molecule is CC(=O)Nc1nnc(SCC(=O)NC2=NN=C(c3ccccc3)CS2)s1. The van der Waals surface area contributed by atoms with Crippen LogP contribution in [0.15, 0.2) is 44.9 Å². The first kappa shape index (κ1) is 18.5. The maximum absolute atomic E-state index is 12.0. The average molecular weight is 407 g/mol. The number of thioether (sulfide) groups is 2. The molecule has 11 heteroatoms. The Labute approximate surface area is 162 Å². The molecule has 0 atom stereocenters. The number of nitrogens with one attached hydrogen (secondary N) is 2. The topological polar surface area (TPSA) is 109 Å². The van der Waals surface area contributed by atoms with E-state index in [0.29, 0.717) is 20.4 Å². The van der Waals surface area contributed by atoms with E-state index in [0.717, 1.165) is 11.3 Å². The Morgan fingerprint density at radius 2 is 1.96 bits per heavy atom. The van der Waals surface area contributed by atoms with Crippen molar-refractivity contribution in [3.63, 3.8) is 0 Å². The molecule has 0 unspecified atom stereocenters. The third-order valence-corrected chi connectivity index (χ3v) is 5.82. The first-order valence-electron chi connectivity index (χ1n) is 7.46. The number of carbonyl (C=O) groups is 2. The van der Waals surface area contributed by atoms with Gasteiger partial charge in [0.25, 0.3) is 0 Å². The molecule has 0 saturated heterocycles. The molecular formula is C15H14N6O2S3. The minimum atomic E-state index is -0.210. The fourth-order valence-electron chi connectivity index (χ4n) is 1.88. The van der Waals surface area contributed by atoms with Crippen LogP contribution >= 0.6 is 34.9 Å². The van der Waals surface area contributed by atoms with Crippen LogP contribution in [-0.2, 0) is 9.59 Å². The summed E-state index contributed by atoms with van der Waals surface area (Å²) >= 11 is 3.89. The van der Waals surface area contributed by atoms with Crippen molar-refractivity contribution in [1.82, 2.24) is 15.5 Å². The molecule has 3 rings (SSSR count). The Kier molecular flexibility index (Phi) is 6.36. The van der Waals surface area contributed by atoms with Gasteiger partial charge >= 0.3 is 0 Å². The number of aromatic nitrogens is 2. The van der Waals surface area contributed by atoms with Crippen molar-refractivity contribution in [2.75, 3.05) is 16.8 Å². The van der Waals surface area contributed by atoms with E-state index in [1.54, 1.807) is 0 Å². The fourth-order valence-corrected chi connectivity index (χ4v) is 4.27. The predicted octanol–water partition coefficient (Wildman–Crippen LogP) is 2.21. The summed E-state index contributed by atoms with van der Waals surface area (Å²) in [5.41, 5.74) is 1.90. The van der Waals surface area contributed by atoms with Gasteiger partial charge < -0.3 is 10.6 Å². The van der Waals surface area contributed by atoms with E-state index in [4.69, 9.17) is 0 Å². The molecule has 1 aliphatic heterocycles. The standard InChI is InChI=1S/C15H14N6O2S3/c1-9(22)16-14-20-21-15(26-14)25-8-12(23)17-13-19-18-11(7-24-13)10-5-3-2-4-6-10/h2-6H,7-8H2,1H3,(H,16,20,22)(H,17,19,23). The number of benzene rings is 1. The van der Waals surface area contributed by atoms with E-state index >= 15 is 0 Å². The van der Waals surface area contributed by atoms with Crippen LogP contribution in [0.4, 0.5) is 5.13 Å². The van der Waals surface area contributed by atoms with E-state index in [1.165, 1.54) is 41.8 Å². The first-order chi connectivity index (χ1) is 12.6. The van der Waals surface area contributed by atoms with Gasteiger partial charge in [0.1, 0.15) is 0 Å². The lowest BCUT2D eigenvalue weighted by Gasteiger charge is -2.12. The van der Waals surface area contributed by atoms with Crippen molar-refractivity contribution in [1.29, 1.82) is 0 Å². The van der Waals surface area contributed by atoms with Crippen molar-refractivity contribution in [3.05, 3.63) is 35.9 Å². The molecule has 0 spiro atoms. The van der Waals surface area contributed by atoms with Gasteiger partial charge in [-0.25, -0.2) is 0 Å². The second kappa shape index (κ2) is 8.92. The monoisotopic (exact) mass is 406 g/mol. The Morgan fingerprint density at radius 3 is 2.65 bits per heavy atom. The van der Waals surface area contributed by atoms with Gasteiger partial charge in [0.05, 0.1) is 11.5 Å². The highest BCUT2D eigenvalue weighted by Crippen LogP contribution is 2.25. The molecular weight excluding hydrogens is 392 g/mol. The molecule has 2 N–H and O–H groups in total. The van der Waals surface area contributed by atoms with Crippen molar-refractivity contribution in [2.45, 2.75) is 11.3 Å². The molecule has 0 saturated carbocycles. The molecule has 0 bridgehead atoms. The predicted molar refractivity (Wildman–Crippen MR) is 106 cm³/mol. The van der Waals surface area contributed by atoms with E-state index in [-0.39, 0.29) is 17.6 Å². The van der Waals surface area contributed by atoms with Crippen LogP contribution in [0.5, 0.6) is 0 Å². The summed E-state index contributed by atoms with van der Waals surface area (Å²) in [6, 6.07) is 9.81. The smallest absolute Gasteiger partial charge is 0.236 e. The van der Waals surface area contributed by atoms with Crippen LogP contribution in [0.2, 0.25) is 0 Å². The number of hydrogen-bond donors (Lipinski definition) is 2. The second-order valence-electron chi connectivity index (χ2n) is 5.00. The molecule has 0 radical (unpaired) electrons. The van der Waals surface area contributed by atoms with Gasteiger partial charge in [-0.15, -0.1) is 15.3 Å². The normalized spacial score (nSPS) is 13.6. The van der Waals surface area contributed by atoms with Gasteiger partial charge in [-0.2, -0.15) is 5.10 Å². The van der Waals surface area contributed by atoms with Crippen LogP contribution in [0.1, 0.15) is 12.5 Å². The summed E-state index contributed by atoms with van der Waals surface area (Å²) < 4.78 is 0.603. The highest BCUT2D eigenvalue weighted by Gasteiger charge is 2.15. The van der Waals surface area contributed by atoms with Crippen LogP contribution < -0.4 is 10.6 Å². The zero-order valence-electron chi connectivity index (χ0n) is 13.6. The fraction of sp³-hybridized carbons (Fsp3) is 0.200. The molecule has 1 aliphatic rings. The van der Waals surface area contributed by atoms with Gasteiger partial charge in [-0.05, 0) is 5.56 Å². The number of hydrogen-bond acceptors (Lipinski definition) is 9. The summed E-state index contributed by atoms with van der Waals surface area (Å²) in [5.74, 6) is 0.408. The second-order valence-corrected chi connectivity index (χ2v) is 8.16. The molecule has 0 fully saturated rings. The molecule has 134 valence electrons. The van der Waals surface area contributed by atoms with Crippen LogP contribution in [-0.4, -0.2) is 44.4 Å². The quantitative estimate of drug-likeness (QED) is 0.582. The average Bonchev–Trinajstić information content (AvgIpc) is 3.08. The summed E-state index contributed by atoms with van der Waals surface area (Å²) in [5, 5.41) is 22.2. The summed E-state index contributed by atoms with van der Waals surface area (Å²) in [6.07, 6.45) is 0. The molecule has 2 aromatic rings. The minimum Gasteiger partial charge on any atom is -0.303 e. The van der Waals surface area contributed by atoms with E-state index in [2.05, 4.69) is 31.0 Å². The summed E-state index contributed by atoms with van der Waals surface area (Å²) in [6.45, 7) is 1.40. The Hall–Kier alpha value is -2.24. The van der Waals surface area contributed by atoms with Gasteiger partial charge in [0, 0.05) is 12.7 Å². The number of amidine groups is 1. The van der Waals surface area contributed by atoms with Crippen molar-refractivity contribution in [3.8, 4) is 0 Å². The van der Waals surface area contributed by atoms with E-state index in [1.807, 2.05) is 30.3 Å². The number of rotatable bonds is 5.